The summed E-state index contributed by atoms with van der Waals surface area (Å²) in [5.74, 6) is -0.811. The monoisotopic (exact) mass is 642 g/mol. The maximum absolute atomic E-state index is 12.4. The summed E-state index contributed by atoms with van der Waals surface area (Å²) in [4.78, 5) is 36.5. The molecule has 0 aliphatic carbocycles. The zero-order valence-electron chi connectivity index (χ0n) is 25.2. The quantitative estimate of drug-likeness (QED) is 0.0516. The zero-order chi connectivity index (χ0) is 33.4. The van der Waals surface area contributed by atoms with Gasteiger partial charge in [-0.15, -0.1) is 0 Å². The van der Waals surface area contributed by atoms with Crippen LogP contribution in [-0.4, -0.2) is 43.9 Å². The number of ether oxygens (including phenoxy) is 4. The van der Waals surface area contributed by atoms with Gasteiger partial charge in [0.05, 0.1) is 30.9 Å². The molecule has 12 heteroatoms. The third-order valence-electron chi connectivity index (χ3n) is 6.45. The van der Waals surface area contributed by atoms with Crippen LogP contribution in [0.3, 0.4) is 0 Å². The summed E-state index contributed by atoms with van der Waals surface area (Å²) in [5.41, 5.74) is 13.5. The van der Waals surface area contributed by atoms with E-state index in [9.17, 15) is 27.6 Å². The molecule has 3 aromatic rings. The fourth-order valence-corrected chi connectivity index (χ4v) is 4.10. The SMILES string of the molecule is Nc1cc(N)cc(C(=O)OCCCCCCOC(=O)C=Cc2ccc(OC(=O)c3ccc(OCCCCC(F)(F)F)cc3)cc2)c1. The standard InChI is InChI=1S/C34H37F3N2O7/c35-34(36,37)17-3-6-18-43-29-14-10-25(11-15-29)33(42)46-30-12-7-24(8-13-30)9-16-31(40)44-19-4-1-2-5-20-45-32(41)26-21-27(38)23-28(39)22-26/h7-16,21-23H,1-6,17-20,38-39H2. The molecule has 0 aliphatic heterocycles. The summed E-state index contributed by atoms with van der Waals surface area (Å²) in [6, 6.07) is 17.2. The fourth-order valence-electron chi connectivity index (χ4n) is 4.10. The minimum atomic E-state index is -4.17. The van der Waals surface area contributed by atoms with E-state index in [4.69, 9.17) is 30.4 Å². The van der Waals surface area contributed by atoms with E-state index in [1.54, 1.807) is 48.5 Å². The van der Waals surface area contributed by atoms with E-state index >= 15 is 0 Å². The van der Waals surface area contributed by atoms with Crippen molar-refractivity contribution in [1.29, 1.82) is 0 Å². The van der Waals surface area contributed by atoms with Gasteiger partial charge in [-0.2, -0.15) is 13.2 Å². The maximum Gasteiger partial charge on any atom is 0.389 e. The molecule has 0 aromatic heterocycles. The summed E-state index contributed by atoms with van der Waals surface area (Å²) in [5, 5.41) is 0. The van der Waals surface area contributed by atoms with Gasteiger partial charge in [0.1, 0.15) is 11.5 Å². The van der Waals surface area contributed by atoms with Crippen molar-refractivity contribution < 1.29 is 46.5 Å². The van der Waals surface area contributed by atoms with Crippen LogP contribution >= 0.6 is 0 Å². The summed E-state index contributed by atoms with van der Waals surface area (Å²) in [6.45, 7) is 0.664. The number of unbranched alkanes of at least 4 members (excludes halogenated alkanes) is 4. The Morgan fingerprint density at radius 3 is 1.87 bits per heavy atom. The molecule has 46 heavy (non-hydrogen) atoms. The van der Waals surface area contributed by atoms with Crippen LogP contribution in [-0.2, 0) is 14.3 Å². The molecule has 3 rings (SSSR count). The molecule has 0 radical (unpaired) electrons. The highest BCUT2D eigenvalue weighted by Gasteiger charge is 2.25. The van der Waals surface area contributed by atoms with Crippen LogP contribution in [0.15, 0.2) is 72.8 Å². The summed E-state index contributed by atoms with van der Waals surface area (Å²) in [7, 11) is 0. The average molecular weight is 643 g/mol. The van der Waals surface area contributed by atoms with Gasteiger partial charge in [0, 0.05) is 23.9 Å². The Bertz CT molecular complexity index is 1440. The number of hydrogen-bond donors (Lipinski definition) is 2. The van der Waals surface area contributed by atoms with Crippen LogP contribution in [0.4, 0.5) is 24.5 Å². The van der Waals surface area contributed by atoms with Gasteiger partial charge in [-0.1, -0.05) is 12.1 Å². The van der Waals surface area contributed by atoms with Gasteiger partial charge in [0.2, 0.25) is 0 Å². The molecule has 4 N–H and O–H groups in total. The van der Waals surface area contributed by atoms with Crippen molar-refractivity contribution in [2.75, 3.05) is 31.3 Å². The number of carbonyl (C=O) groups is 3. The van der Waals surface area contributed by atoms with E-state index in [0.29, 0.717) is 46.8 Å². The number of anilines is 2. The molecule has 246 valence electrons. The Kier molecular flexibility index (Phi) is 13.9. The molecule has 0 amide bonds. The minimum absolute atomic E-state index is 0.0125. The molecule has 0 aliphatic rings. The number of halogens is 3. The van der Waals surface area contributed by atoms with Gasteiger partial charge in [-0.3, -0.25) is 0 Å². The molecular formula is C34H37F3N2O7. The van der Waals surface area contributed by atoms with Crippen LogP contribution in [0.25, 0.3) is 6.08 Å². The average Bonchev–Trinajstić information content (AvgIpc) is 3.01. The normalized spacial score (nSPS) is 11.3. The van der Waals surface area contributed by atoms with Crippen molar-refractivity contribution in [1.82, 2.24) is 0 Å². The number of hydrogen-bond acceptors (Lipinski definition) is 9. The zero-order valence-corrected chi connectivity index (χ0v) is 25.2. The number of nitrogens with two attached hydrogens (primary N) is 2. The second kappa shape index (κ2) is 18.1. The first-order chi connectivity index (χ1) is 22.0. The van der Waals surface area contributed by atoms with Crippen LogP contribution in [0.5, 0.6) is 11.5 Å². The topological polar surface area (TPSA) is 140 Å². The first-order valence-corrected chi connectivity index (χ1v) is 14.8. The van der Waals surface area contributed by atoms with Crippen molar-refractivity contribution in [3.05, 3.63) is 89.5 Å². The first-order valence-electron chi connectivity index (χ1n) is 14.8. The second-order valence-electron chi connectivity index (χ2n) is 10.3. The lowest BCUT2D eigenvalue weighted by Crippen LogP contribution is -2.09. The van der Waals surface area contributed by atoms with E-state index < -0.39 is 30.5 Å². The molecule has 0 unspecified atom stereocenters. The Labute approximate surface area is 265 Å². The Hall–Kier alpha value is -5.00. The number of carbonyl (C=O) groups excluding carboxylic acids is 3. The van der Waals surface area contributed by atoms with E-state index in [1.807, 2.05) is 0 Å². The molecule has 9 nitrogen and oxygen atoms in total. The summed E-state index contributed by atoms with van der Waals surface area (Å²) in [6.07, 6.45) is 1.06. The maximum atomic E-state index is 12.4. The smallest absolute Gasteiger partial charge is 0.389 e. The second-order valence-corrected chi connectivity index (χ2v) is 10.3. The van der Waals surface area contributed by atoms with Gasteiger partial charge < -0.3 is 30.4 Å². The Morgan fingerprint density at radius 2 is 1.24 bits per heavy atom. The summed E-state index contributed by atoms with van der Waals surface area (Å²) < 4.78 is 57.8. The molecule has 0 heterocycles. The van der Waals surface area contributed by atoms with E-state index in [0.717, 1.165) is 12.8 Å². The minimum Gasteiger partial charge on any atom is -0.494 e. The third kappa shape index (κ3) is 13.7. The highest BCUT2D eigenvalue weighted by Crippen LogP contribution is 2.23. The predicted molar refractivity (Wildman–Crippen MR) is 167 cm³/mol. The van der Waals surface area contributed by atoms with Crippen LogP contribution in [0, 0.1) is 0 Å². The number of nitrogen functional groups attached to an aromatic ring is 2. The number of rotatable bonds is 17. The molecule has 0 atom stereocenters. The third-order valence-corrected chi connectivity index (χ3v) is 6.45. The first kappa shape index (κ1) is 35.5. The molecule has 0 fully saturated rings. The Morgan fingerprint density at radius 1 is 0.652 bits per heavy atom. The molecular weight excluding hydrogens is 605 g/mol. The lowest BCUT2D eigenvalue weighted by atomic mass is 10.2. The molecule has 0 saturated heterocycles. The fraction of sp³-hybridized carbons (Fsp3) is 0.324. The largest absolute Gasteiger partial charge is 0.494 e. The van der Waals surface area contributed by atoms with E-state index in [-0.39, 0.29) is 38.2 Å². The van der Waals surface area contributed by atoms with Gasteiger partial charge in [-0.05, 0) is 105 Å². The summed E-state index contributed by atoms with van der Waals surface area (Å²) >= 11 is 0. The predicted octanol–water partition coefficient (Wildman–Crippen LogP) is 7.16. The molecule has 3 aromatic carbocycles. The molecule has 0 bridgehead atoms. The number of benzene rings is 3. The van der Waals surface area contributed by atoms with Crippen molar-refractivity contribution >= 4 is 35.4 Å². The highest BCUT2D eigenvalue weighted by molar-refractivity contribution is 5.92. The van der Waals surface area contributed by atoms with Crippen LogP contribution in [0.2, 0.25) is 0 Å². The molecule has 0 saturated carbocycles. The van der Waals surface area contributed by atoms with Crippen molar-refractivity contribution in [3.8, 4) is 11.5 Å². The van der Waals surface area contributed by atoms with Gasteiger partial charge in [0.25, 0.3) is 0 Å². The van der Waals surface area contributed by atoms with Gasteiger partial charge in [0.15, 0.2) is 0 Å². The van der Waals surface area contributed by atoms with Crippen molar-refractivity contribution in [2.45, 2.75) is 51.1 Å². The number of alkyl halides is 3. The van der Waals surface area contributed by atoms with Gasteiger partial charge in [-0.25, -0.2) is 14.4 Å². The Balaban J connectivity index is 1.27. The van der Waals surface area contributed by atoms with Crippen LogP contribution in [0.1, 0.15) is 71.2 Å². The lowest BCUT2D eigenvalue weighted by molar-refractivity contribution is -0.138. The molecule has 0 spiro atoms. The highest BCUT2D eigenvalue weighted by atomic mass is 19.4. The van der Waals surface area contributed by atoms with Crippen LogP contribution < -0.4 is 20.9 Å². The van der Waals surface area contributed by atoms with Crippen molar-refractivity contribution in [3.63, 3.8) is 0 Å². The van der Waals surface area contributed by atoms with Gasteiger partial charge >= 0.3 is 24.1 Å². The lowest BCUT2D eigenvalue weighted by Gasteiger charge is -2.09. The van der Waals surface area contributed by atoms with E-state index in [1.165, 1.54) is 30.3 Å². The number of esters is 3. The van der Waals surface area contributed by atoms with Crippen molar-refractivity contribution in [2.24, 2.45) is 0 Å². The van der Waals surface area contributed by atoms with E-state index in [2.05, 4.69) is 0 Å².